The van der Waals surface area contributed by atoms with Crippen LogP contribution in [0.1, 0.15) is 17.5 Å². The normalized spacial score (nSPS) is 13.7. The van der Waals surface area contributed by atoms with Gasteiger partial charge in [0.15, 0.2) is 0 Å². The Bertz CT molecular complexity index is 954. The molecule has 32 heavy (non-hydrogen) atoms. The molecule has 1 aliphatic heterocycles. The van der Waals surface area contributed by atoms with E-state index in [-0.39, 0.29) is 25.5 Å². The smallest absolute Gasteiger partial charge is 0.384 e. The Morgan fingerprint density at radius 1 is 1.00 bits per heavy atom. The molecule has 10 heteroatoms. The van der Waals surface area contributed by atoms with Crippen LogP contribution in [0, 0.1) is 0 Å². The molecular formula is C22H24ClF3N4O2. The van der Waals surface area contributed by atoms with Crippen LogP contribution in [0.25, 0.3) is 0 Å². The minimum Gasteiger partial charge on any atom is -0.384 e. The molecule has 0 atom stereocenters. The highest BCUT2D eigenvalue weighted by atomic mass is 35.5. The number of hydrogen-bond donors (Lipinski definition) is 3. The zero-order valence-corrected chi connectivity index (χ0v) is 18.0. The van der Waals surface area contributed by atoms with Crippen LogP contribution in [0.15, 0.2) is 42.5 Å². The lowest BCUT2D eigenvalue weighted by molar-refractivity contribution is -0.185. The zero-order valence-electron chi connectivity index (χ0n) is 17.3. The van der Waals surface area contributed by atoms with Gasteiger partial charge in [0, 0.05) is 31.9 Å². The maximum atomic E-state index is 12.8. The molecule has 172 valence electrons. The number of alkyl halides is 3. The van der Waals surface area contributed by atoms with Gasteiger partial charge in [0.05, 0.1) is 10.7 Å². The number of para-hydroxylation sites is 1. The van der Waals surface area contributed by atoms with Crippen LogP contribution in [-0.2, 0) is 17.6 Å². The van der Waals surface area contributed by atoms with Crippen LogP contribution >= 0.6 is 11.6 Å². The van der Waals surface area contributed by atoms with Gasteiger partial charge in [-0.05, 0) is 48.6 Å². The highest BCUT2D eigenvalue weighted by molar-refractivity contribution is 6.33. The van der Waals surface area contributed by atoms with Gasteiger partial charge in [0.1, 0.15) is 0 Å². The Kier molecular flexibility index (Phi) is 7.84. The Morgan fingerprint density at radius 3 is 2.44 bits per heavy atom. The van der Waals surface area contributed by atoms with Crippen LogP contribution < -0.4 is 16.0 Å². The zero-order chi connectivity index (χ0) is 23.1. The van der Waals surface area contributed by atoms with E-state index in [4.69, 9.17) is 11.6 Å². The van der Waals surface area contributed by atoms with Crippen molar-refractivity contribution in [2.75, 3.05) is 36.8 Å². The number of halogens is 4. The molecule has 0 fully saturated rings. The number of anilines is 2. The molecule has 3 N–H and O–H groups in total. The van der Waals surface area contributed by atoms with Crippen LogP contribution in [0.4, 0.5) is 29.3 Å². The summed E-state index contributed by atoms with van der Waals surface area (Å²) in [6, 6.07) is 12.3. The fraction of sp³-hybridized carbons (Fsp3) is 0.364. The fourth-order valence-corrected chi connectivity index (χ4v) is 3.81. The number of rotatable bonds is 6. The van der Waals surface area contributed by atoms with E-state index in [2.05, 4.69) is 16.0 Å². The third kappa shape index (κ3) is 6.29. The molecule has 3 amide bonds. The molecule has 2 aromatic carbocycles. The van der Waals surface area contributed by atoms with Crippen molar-refractivity contribution in [1.82, 2.24) is 10.2 Å². The van der Waals surface area contributed by atoms with Crippen LogP contribution in [0.5, 0.6) is 0 Å². The predicted molar refractivity (Wildman–Crippen MR) is 118 cm³/mol. The summed E-state index contributed by atoms with van der Waals surface area (Å²) in [6.45, 7) is 0.910. The van der Waals surface area contributed by atoms with Crippen molar-refractivity contribution in [1.29, 1.82) is 0 Å². The third-order valence-electron chi connectivity index (χ3n) is 5.14. The van der Waals surface area contributed by atoms with Gasteiger partial charge in [-0.15, -0.1) is 0 Å². The second-order valence-electron chi connectivity index (χ2n) is 7.38. The second-order valence-corrected chi connectivity index (χ2v) is 7.78. The number of nitrogens with one attached hydrogen (secondary N) is 3. The van der Waals surface area contributed by atoms with Gasteiger partial charge in [-0.2, -0.15) is 13.2 Å². The van der Waals surface area contributed by atoms with Crippen LogP contribution in [0.2, 0.25) is 5.02 Å². The van der Waals surface area contributed by atoms with E-state index in [0.29, 0.717) is 42.3 Å². The molecule has 1 heterocycles. The molecule has 0 saturated heterocycles. The van der Waals surface area contributed by atoms with Gasteiger partial charge in [0.2, 0.25) is 0 Å². The lowest BCUT2D eigenvalue weighted by Gasteiger charge is -2.21. The lowest BCUT2D eigenvalue weighted by Crippen LogP contribution is -2.42. The van der Waals surface area contributed by atoms with Crippen LogP contribution in [0.3, 0.4) is 0 Å². The molecule has 0 spiro atoms. The monoisotopic (exact) mass is 468 g/mol. The first kappa shape index (κ1) is 23.7. The molecule has 1 aliphatic rings. The summed E-state index contributed by atoms with van der Waals surface area (Å²) in [5.41, 5.74) is 3.05. The summed E-state index contributed by atoms with van der Waals surface area (Å²) in [7, 11) is 0. The largest absolute Gasteiger partial charge is 0.471 e. The van der Waals surface area contributed by atoms with E-state index in [9.17, 15) is 22.8 Å². The number of fused-ring (bicyclic) bond motifs is 1. The number of carbonyl (C=O) groups excluding carboxylic acids is 2. The van der Waals surface area contributed by atoms with E-state index in [1.54, 1.807) is 24.3 Å². The predicted octanol–water partition coefficient (Wildman–Crippen LogP) is 4.45. The van der Waals surface area contributed by atoms with Crippen molar-refractivity contribution >= 4 is 34.9 Å². The summed E-state index contributed by atoms with van der Waals surface area (Å²) >= 11 is 6.34. The first-order valence-corrected chi connectivity index (χ1v) is 10.6. The van der Waals surface area contributed by atoms with E-state index in [0.717, 1.165) is 16.0 Å². The SMILES string of the molecule is O=C(NCCCNc1c(Cl)ccc2c1CCN(C(=O)C(F)(F)F)CC2)Nc1ccccc1. The Labute approximate surface area is 189 Å². The van der Waals surface area contributed by atoms with E-state index >= 15 is 0 Å². The number of benzene rings is 2. The molecule has 0 bridgehead atoms. The summed E-state index contributed by atoms with van der Waals surface area (Å²) in [5, 5.41) is 9.19. The first-order chi connectivity index (χ1) is 15.3. The Morgan fingerprint density at radius 2 is 1.72 bits per heavy atom. The van der Waals surface area contributed by atoms with Gasteiger partial charge in [-0.25, -0.2) is 4.79 Å². The van der Waals surface area contributed by atoms with Crippen molar-refractivity contribution in [2.45, 2.75) is 25.4 Å². The van der Waals surface area contributed by atoms with Gasteiger partial charge in [0.25, 0.3) is 0 Å². The number of nitrogens with zero attached hydrogens (tertiary/aromatic N) is 1. The molecule has 0 aliphatic carbocycles. The second kappa shape index (κ2) is 10.6. The topological polar surface area (TPSA) is 73.5 Å². The molecule has 6 nitrogen and oxygen atoms in total. The fourth-order valence-electron chi connectivity index (χ4n) is 3.57. The maximum absolute atomic E-state index is 12.8. The quantitative estimate of drug-likeness (QED) is 0.548. The van der Waals surface area contributed by atoms with Gasteiger partial charge in [-0.3, -0.25) is 4.79 Å². The molecule has 3 rings (SSSR count). The van der Waals surface area contributed by atoms with Crippen molar-refractivity contribution < 1.29 is 22.8 Å². The van der Waals surface area contributed by atoms with Crippen molar-refractivity contribution in [2.24, 2.45) is 0 Å². The standard InChI is InChI=1S/C22H24ClF3N4O2/c23-18-8-7-15-9-13-30(20(31)22(24,25)26)14-10-17(15)19(18)27-11-4-12-28-21(32)29-16-5-2-1-3-6-16/h1-3,5-8,27H,4,9-14H2,(H2,28,29,32). The van der Waals surface area contributed by atoms with Crippen LogP contribution in [-0.4, -0.2) is 49.2 Å². The number of amides is 3. The number of carbonyl (C=O) groups is 2. The van der Waals surface area contributed by atoms with Crippen molar-refractivity contribution in [3.63, 3.8) is 0 Å². The van der Waals surface area contributed by atoms with Gasteiger partial charge < -0.3 is 20.9 Å². The molecule has 0 unspecified atom stereocenters. The van der Waals surface area contributed by atoms with Gasteiger partial charge in [-0.1, -0.05) is 35.9 Å². The number of hydrogen-bond acceptors (Lipinski definition) is 3. The minimum absolute atomic E-state index is 0.00681. The molecular weight excluding hydrogens is 445 g/mol. The average molecular weight is 469 g/mol. The summed E-state index contributed by atoms with van der Waals surface area (Å²) in [5.74, 6) is -1.81. The minimum atomic E-state index is -4.88. The van der Waals surface area contributed by atoms with E-state index in [1.807, 2.05) is 18.2 Å². The lowest BCUT2D eigenvalue weighted by atomic mass is 10.0. The summed E-state index contributed by atoms with van der Waals surface area (Å²) in [6.07, 6.45) is -3.67. The van der Waals surface area contributed by atoms with Gasteiger partial charge >= 0.3 is 18.1 Å². The number of urea groups is 1. The van der Waals surface area contributed by atoms with Crippen molar-refractivity contribution in [3.05, 3.63) is 58.6 Å². The molecule has 0 aromatic heterocycles. The maximum Gasteiger partial charge on any atom is 0.471 e. The summed E-state index contributed by atoms with van der Waals surface area (Å²) < 4.78 is 38.4. The van der Waals surface area contributed by atoms with Crippen molar-refractivity contribution in [3.8, 4) is 0 Å². The first-order valence-electron chi connectivity index (χ1n) is 10.3. The van der Waals surface area contributed by atoms with E-state index < -0.39 is 12.1 Å². The third-order valence-corrected chi connectivity index (χ3v) is 5.46. The Balaban J connectivity index is 1.52. The molecule has 0 radical (unpaired) electrons. The molecule has 0 saturated carbocycles. The van der Waals surface area contributed by atoms with E-state index in [1.165, 1.54) is 0 Å². The highest BCUT2D eigenvalue weighted by Crippen LogP contribution is 2.32. The average Bonchev–Trinajstić information content (AvgIpc) is 2.97. The molecule has 2 aromatic rings. The summed E-state index contributed by atoms with van der Waals surface area (Å²) in [4.78, 5) is 24.4. The highest BCUT2D eigenvalue weighted by Gasteiger charge is 2.42. The Hall–Kier alpha value is -2.94.